The van der Waals surface area contributed by atoms with Crippen LogP contribution in [0.5, 0.6) is 5.75 Å². The van der Waals surface area contributed by atoms with Gasteiger partial charge in [-0.3, -0.25) is 5.32 Å². The molecule has 0 atom stereocenters. The zero-order valence-corrected chi connectivity index (χ0v) is 10.4. The summed E-state index contributed by atoms with van der Waals surface area (Å²) in [6, 6.07) is 3.13. The van der Waals surface area contributed by atoms with Gasteiger partial charge in [-0.2, -0.15) is 0 Å². The van der Waals surface area contributed by atoms with E-state index in [1.807, 2.05) is 0 Å². The molecular formula is C12H15NO5. The number of hydrogen-bond donors (Lipinski definition) is 2. The van der Waals surface area contributed by atoms with E-state index in [1.54, 1.807) is 26.0 Å². The third-order valence-corrected chi connectivity index (χ3v) is 2.19. The Morgan fingerprint density at radius 3 is 2.56 bits per heavy atom. The van der Waals surface area contributed by atoms with Gasteiger partial charge in [0.1, 0.15) is 11.3 Å². The van der Waals surface area contributed by atoms with E-state index in [0.717, 1.165) is 5.56 Å². The van der Waals surface area contributed by atoms with Crippen molar-refractivity contribution >= 4 is 17.7 Å². The molecule has 0 unspecified atom stereocenters. The Morgan fingerprint density at radius 2 is 2.06 bits per heavy atom. The van der Waals surface area contributed by atoms with Crippen molar-refractivity contribution in [2.24, 2.45) is 0 Å². The molecule has 0 aliphatic carbocycles. The molecule has 98 valence electrons. The summed E-state index contributed by atoms with van der Waals surface area (Å²) >= 11 is 0. The molecule has 1 aromatic rings. The summed E-state index contributed by atoms with van der Waals surface area (Å²) in [5.74, 6) is -0.993. The number of ether oxygens (including phenoxy) is 2. The van der Waals surface area contributed by atoms with Crippen LogP contribution in [0.1, 0.15) is 22.8 Å². The van der Waals surface area contributed by atoms with Gasteiger partial charge in [0.25, 0.3) is 0 Å². The van der Waals surface area contributed by atoms with Crippen LogP contribution in [0.15, 0.2) is 12.1 Å². The number of carboxylic acids is 1. The van der Waals surface area contributed by atoms with Crippen molar-refractivity contribution in [2.45, 2.75) is 13.8 Å². The van der Waals surface area contributed by atoms with Crippen molar-refractivity contribution in [1.82, 2.24) is 0 Å². The van der Waals surface area contributed by atoms with Crippen LogP contribution in [0.25, 0.3) is 0 Å². The smallest absolute Gasteiger partial charge is 0.411 e. The van der Waals surface area contributed by atoms with Crippen molar-refractivity contribution in [3.05, 3.63) is 23.3 Å². The number of rotatable bonds is 4. The van der Waals surface area contributed by atoms with Crippen LogP contribution >= 0.6 is 0 Å². The number of carbonyl (C=O) groups is 2. The summed E-state index contributed by atoms with van der Waals surface area (Å²) in [6.07, 6.45) is -0.701. The first-order valence-electron chi connectivity index (χ1n) is 5.35. The Morgan fingerprint density at radius 1 is 1.39 bits per heavy atom. The molecule has 0 saturated heterocycles. The molecule has 0 fully saturated rings. The van der Waals surface area contributed by atoms with Crippen molar-refractivity contribution in [3.8, 4) is 5.75 Å². The van der Waals surface area contributed by atoms with E-state index in [-0.39, 0.29) is 23.6 Å². The largest absolute Gasteiger partial charge is 0.496 e. The Balaban J connectivity index is 3.19. The average Bonchev–Trinajstić information content (AvgIpc) is 2.27. The fraction of sp³-hybridized carbons (Fsp3) is 0.333. The summed E-state index contributed by atoms with van der Waals surface area (Å²) in [4.78, 5) is 22.5. The van der Waals surface area contributed by atoms with E-state index in [1.165, 1.54) is 7.11 Å². The number of carbonyl (C=O) groups excluding carboxylic acids is 1. The summed E-state index contributed by atoms with van der Waals surface area (Å²) in [7, 11) is 1.37. The first-order valence-corrected chi connectivity index (χ1v) is 5.35. The monoisotopic (exact) mass is 253 g/mol. The number of benzene rings is 1. The van der Waals surface area contributed by atoms with Crippen LogP contribution in [0.2, 0.25) is 0 Å². The number of carboxylic acid groups (broad SMARTS) is 1. The molecular weight excluding hydrogens is 238 g/mol. The lowest BCUT2D eigenvalue weighted by Gasteiger charge is -2.13. The van der Waals surface area contributed by atoms with E-state index >= 15 is 0 Å². The van der Waals surface area contributed by atoms with Gasteiger partial charge in [0.2, 0.25) is 0 Å². The van der Waals surface area contributed by atoms with Gasteiger partial charge in [0, 0.05) is 0 Å². The van der Waals surface area contributed by atoms with E-state index < -0.39 is 12.1 Å². The SMILES string of the molecule is CCOC(=O)Nc1cc(C)cc(OC)c1C(=O)O. The Labute approximate surface area is 105 Å². The zero-order valence-electron chi connectivity index (χ0n) is 10.4. The van der Waals surface area contributed by atoms with Crippen molar-refractivity contribution in [2.75, 3.05) is 19.0 Å². The first-order chi connectivity index (χ1) is 8.49. The highest BCUT2D eigenvalue weighted by Crippen LogP contribution is 2.28. The molecule has 18 heavy (non-hydrogen) atoms. The number of nitrogens with one attached hydrogen (secondary N) is 1. The topological polar surface area (TPSA) is 84.9 Å². The Bertz CT molecular complexity index is 470. The second kappa shape index (κ2) is 5.90. The molecule has 0 aliphatic heterocycles. The normalized spacial score (nSPS) is 9.72. The maximum absolute atomic E-state index is 11.3. The van der Waals surface area contributed by atoms with Crippen LogP contribution < -0.4 is 10.1 Å². The second-order valence-electron chi connectivity index (χ2n) is 3.54. The number of aryl methyl sites for hydroxylation is 1. The number of amides is 1. The maximum atomic E-state index is 11.3. The molecule has 0 spiro atoms. The lowest BCUT2D eigenvalue weighted by atomic mass is 10.1. The molecule has 0 saturated carbocycles. The lowest BCUT2D eigenvalue weighted by molar-refractivity contribution is 0.0694. The Kier molecular flexibility index (Phi) is 4.53. The van der Waals surface area contributed by atoms with Crippen molar-refractivity contribution < 1.29 is 24.2 Å². The minimum Gasteiger partial charge on any atom is -0.496 e. The fourth-order valence-corrected chi connectivity index (χ4v) is 1.51. The molecule has 6 heteroatoms. The molecule has 0 heterocycles. The van der Waals surface area contributed by atoms with Gasteiger partial charge in [-0.1, -0.05) is 0 Å². The van der Waals surface area contributed by atoms with Gasteiger partial charge >= 0.3 is 12.1 Å². The minimum absolute atomic E-state index is 0.101. The highest BCUT2D eigenvalue weighted by Gasteiger charge is 2.19. The zero-order chi connectivity index (χ0) is 13.7. The third-order valence-electron chi connectivity index (χ3n) is 2.19. The molecule has 1 rings (SSSR count). The number of methoxy groups -OCH3 is 1. The average molecular weight is 253 g/mol. The van der Waals surface area contributed by atoms with E-state index in [9.17, 15) is 9.59 Å². The predicted molar refractivity (Wildman–Crippen MR) is 65.3 cm³/mol. The molecule has 0 radical (unpaired) electrons. The van der Waals surface area contributed by atoms with E-state index in [0.29, 0.717) is 0 Å². The summed E-state index contributed by atoms with van der Waals surface area (Å²) < 4.78 is 9.71. The van der Waals surface area contributed by atoms with E-state index in [4.69, 9.17) is 14.6 Å². The van der Waals surface area contributed by atoms with Gasteiger partial charge in [-0.15, -0.1) is 0 Å². The molecule has 0 aliphatic rings. The molecule has 0 aromatic heterocycles. The number of hydrogen-bond acceptors (Lipinski definition) is 4. The lowest BCUT2D eigenvalue weighted by Crippen LogP contribution is -2.16. The highest BCUT2D eigenvalue weighted by molar-refractivity contribution is 6.01. The summed E-state index contributed by atoms with van der Waals surface area (Å²) in [5, 5.41) is 11.5. The quantitative estimate of drug-likeness (QED) is 0.859. The van der Waals surface area contributed by atoms with Gasteiger partial charge in [0.15, 0.2) is 0 Å². The van der Waals surface area contributed by atoms with Crippen LogP contribution in [0, 0.1) is 6.92 Å². The highest BCUT2D eigenvalue weighted by atomic mass is 16.5. The summed E-state index contributed by atoms with van der Waals surface area (Å²) in [6.45, 7) is 3.64. The molecule has 1 aromatic carbocycles. The molecule has 0 bridgehead atoms. The van der Waals surface area contributed by atoms with Crippen LogP contribution in [-0.4, -0.2) is 30.9 Å². The third kappa shape index (κ3) is 3.13. The number of anilines is 1. The predicted octanol–water partition coefficient (Wildman–Crippen LogP) is 2.27. The Hall–Kier alpha value is -2.24. The maximum Gasteiger partial charge on any atom is 0.411 e. The fourth-order valence-electron chi connectivity index (χ4n) is 1.51. The van der Waals surface area contributed by atoms with Crippen molar-refractivity contribution in [1.29, 1.82) is 0 Å². The van der Waals surface area contributed by atoms with Crippen LogP contribution in [-0.2, 0) is 4.74 Å². The van der Waals surface area contributed by atoms with Gasteiger partial charge in [-0.05, 0) is 31.5 Å². The molecule has 6 nitrogen and oxygen atoms in total. The van der Waals surface area contributed by atoms with Crippen molar-refractivity contribution in [3.63, 3.8) is 0 Å². The van der Waals surface area contributed by atoms with Crippen LogP contribution in [0.4, 0.5) is 10.5 Å². The first kappa shape index (κ1) is 13.8. The molecule has 1 amide bonds. The standard InChI is InChI=1S/C12H15NO5/c1-4-18-12(16)13-8-5-7(2)6-9(17-3)10(8)11(14)15/h5-6H,4H2,1-3H3,(H,13,16)(H,14,15). The van der Waals surface area contributed by atoms with Gasteiger partial charge in [-0.25, -0.2) is 9.59 Å². The molecule has 2 N–H and O–H groups in total. The van der Waals surface area contributed by atoms with E-state index in [2.05, 4.69) is 5.32 Å². The van der Waals surface area contributed by atoms with Gasteiger partial charge in [0.05, 0.1) is 19.4 Å². The second-order valence-corrected chi connectivity index (χ2v) is 3.54. The van der Waals surface area contributed by atoms with Crippen LogP contribution in [0.3, 0.4) is 0 Å². The number of aromatic carboxylic acids is 1. The minimum atomic E-state index is -1.18. The summed E-state index contributed by atoms with van der Waals surface area (Å²) in [5.41, 5.74) is 0.817. The van der Waals surface area contributed by atoms with Gasteiger partial charge < -0.3 is 14.6 Å².